The van der Waals surface area contributed by atoms with E-state index in [1.54, 1.807) is 11.3 Å². The maximum Gasteiger partial charge on any atom is 0.220 e. The van der Waals surface area contributed by atoms with Crippen molar-refractivity contribution in [3.63, 3.8) is 0 Å². The van der Waals surface area contributed by atoms with E-state index < -0.39 is 0 Å². The van der Waals surface area contributed by atoms with Gasteiger partial charge in [-0.15, -0.1) is 11.3 Å². The van der Waals surface area contributed by atoms with Crippen LogP contribution in [0.3, 0.4) is 0 Å². The van der Waals surface area contributed by atoms with E-state index in [2.05, 4.69) is 56.9 Å². The molecular weight excluding hydrogens is 396 g/mol. The minimum atomic E-state index is -0.0420. The van der Waals surface area contributed by atoms with E-state index in [0.29, 0.717) is 13.0 Å². The molecule has 2 saturated heterocycles. The number of piperazine rings is 1. The quantitative estimate of drug-likeness (QED) is 0.661. The second-order valence-corrected chi connectivity index (χ2v) is 8.90. The SMILES string of the molecule is CC(Oc1cc(-c2ccc(N3CCNCC3)cc2)cc2ncsc12)[C@H]1CNC(=O)C1. The number of anilines is 1. The molecule has 0 spiro atoms. The fourth-order valence-electron chi connectivity index (χ4n) is 4.24. The summed E-state index contributed by atoms with van der Waals surface area (Å²) in [5.41, 5.74) is 6.33. The molecule has 0 radical (unpaired) electrons. The number of fused-ring (bicyclic) bond motifs is 1. The molecule has 2 fully saturated rings. The summed E-state index contributed by atoms with van der Waals surface area (Å²) in [6.45, 7) is 6.87. The van der Waals surface area contributed by atoms with Crippen molar-refractivity contribution < 1.29 is 9.53 Å². The van der Waals surface area contributed by atoms with Gasteiger partial charge in [0.1, 0.15) is 11.9 Å². The number of hydrogen-bond donors (Lipinski definition) is 2. The molecule has 0 aliphatic carbocycles. The van der Waals surface area contributed by atoms with Gasteiger partial charge in [0.15, 0.2) is 0 Å². The predicted octanol–water partition coefficient (Wildman–Crippen LogP) is 3.28. The number of amides is 1. The minimum Gasteiger partial charge on any atom is -0.489 e. The van der Waals surface area contributed by atoms with Crippen molar-refractivity contribution in [1.29, 1.82) is 0 Å². The van der Waals surface area contributed by atoms with Gasteiger partial charge in [0.05, 0.1) is 15.7 Å². The fraction of sp³-hybridized carbons (Fsp3) is 0.391. The topological polar surface area (TPSA) is 66.5 Å². The standard InChI is InChI=1S/C23H26N4O2S/c1-15(18-12-22(28)25-13-18)29-21-11-17(10-20-23(21)30-14-26-20)16-2-4-19(5-3-16)27-8-6-24-7-9-27/h2-5,10-11,14-15,18,24H,6-9,12-13H2,1H3,(H,25,28)/t15?,18-/m1/s1. The van der Waals surface area contributed by atoms with Gasteiger partial charge in [0, 0.05) is 50.7 Å². The van der Waals surface area contributed by atoms with Crippen molar-refractivity contribution in [3.05, 3.63) is 41.9 Å². The molecule has 30 heavy (non-hydrogen) atoms. The number of aromatic nitrogens is 1. The first-order chi connectivity index (χ1) is 14.7. The first-order valence-corrected chi connectivity index (χ1v) is 11.4. The summed E-state index contributed by atoms with van der Waals surface area (Å²) in [6, 6.07) is 13.0. The number of thiazole rings is 1. The van der Waals surface area contributed by atoms with Gasteiger partial charge in [-0.3, -0.25) is 4.79 Å². The van der Waals surface area contributed by atoms with Gasteiger partial charge in [0.25, 0.3) is 0 Å². The molecule has 5 rings (SSSR count). The molecule has 2 aliphatic rings. The second kappa shape index (κ2) is 8.24. The van der Waals surface area contributed by atoms with E-state index in [1.807, 2.05) is 12.4 Å². The Bertz CT molecular complexity index is 1040. The first kappa shape index (κ1) is 19.3. The summed E-state index contributed by atoms with van der Waals surface area (Å²) in [5, 5.41) is 6.30. The Morgan fingerprint density at radius 1 is 1.17 bits per heavy atom. The van der Waals surface area contributed by atoms with Crippen LogP contribution in [0.4, 0.5) is 5.69 Å². The summed E-state index contributed by atoms with van der Waals surface area (Å²) in [6.07, 6.45) is 0.486. The molecule has 2 aliphatic heterocycles. The third kappa shape index (κ3) is 3.87. The first-order valence-electron chi connectivity index (χ1n) is 10.5. The number of nitrogens with zero attached hydrogens (tertiary/aromatic N) is 2. The highest BCUT2D eigenvalue weighted by atomic mass is 32.1. The Labute approximate surface area is 180 Å². The van der Waals surface area contributed by atoms with Gasteiger partial charge in [-0.2, -0.15) is 0 Å². The van der Waals surface area contributed by atoms with Crippen LogP contribution >= 0.6 is 11.3 Å². The van der Waals surface area contributed by atoms with Gasteiger partial charge >= 0.3 is 0 Å². The Balaban J connectivity index is 1.41. The number of nitrogens with one attached hydrogen (secondary N) is 2. The van der Waals surface area contributed by atoms with Crippen LogP contribution in [0, 0.1) is 5.92 Å². The lowest BCUT2D eigenvalue weighted by Crippen LogP contribution is -2.43. The zero-order valence-electron chi connectivity index (χ0n) is 17.1. The number of carbonyl (C=O) groups is 1. The van der Waals surface area contributed by atoms with Crippen LogP contribution in [0.25, 0.3) is 21.3 Å². The Morgan fingerprint density at radius 3 is 2.70 bits per heavy atom. The van der Waals surface area contributed by atoms with Crippen LogP contribution in [0.15, 0.2) is 41.9 Å². The van der Waals surface area contributed by atoms with Crippen LogP contribution in [-0.2, 0) is 4.79 Å². The molecule has 3 heterocycles. The Kier molecular flexibility index (Phi) is 5.31. The summed E-state index contributed by atoms with van der Waals surface area (Å²) in [7, 11) is 0. The van der Waals surface area contributed by atoms with Gasteiger partial charge < -0.3 is 20.3 Å². The highest BCUT2D eigenvalue weighted by molar-refractivity contribution is 7.17. The molecular formula is C23H26N4O2S. The monoisotopic (exact) mass is 422 g/mol. The molecule has 1 unspecified atom stereocenters. The lowest BCUT2D eigenvalue weighted by molar-refractivity contribution is -0.119. The largest absolute Gasteiger partial charge is 0.489 e. The molecule has 0 bridgehead atoms. The predicted molar refractivity (Wildman–Crippen MR) is 121 cm³/mol. The number of ether oxygens (including phenoxy) is 1. The molecule has 0 saturated carbocycles. The average Bonchev–Trinajstić information content (AvgIpc) is 3.43. The normalized spacial score (nSPS) is 20.4. The zero-order chi connectivity index (χ0) is 20.5. The van der Waals surface area contributed by atoms with Crippen molar-refractivity contribution in [1.82, 2.24) is 15.6 Å². The van der Waals surface area contributed by atoms with E-state index in [1.165, 1.54) is 5.69 Å². The molecule has 2 atom stereocenters. The second-order valence-electron chi connectivity index (χ2n) is 8.05. The Morgan fingerprint density at radius 2 is 1.97 bits per heavy atom. The minimum absolute atomic E-state index is 0.0420. The van der Waals surface area contributed by atoms with Gasteiger partial charge in [-0.05, 0) is 42.3 Å². The summed E-state index contributed by atoms with van der Waals surface area (Å²) in [4.78, 5) is 18.5. The van der Waals surface area contributed by atoms with Crippen LogP contribution < -0.4 is 20.3 Å². The molecule has 2 aromatic carbocycles. The number of rotatable bonds is 5. The van der Waals surface area contributed by atoms with Crippen LogP contribution in [0.5, 0.6) is 5.75 Å². The molecule has 156 valence electrons. The molecule has 3 aromatic rings. The summed E-state index contributed by atoms with van der Waals surface area (Å²) < 4.78 is 7.42. The fourth-order valence-corrected chi connectivity index (χ4v) is 4.96. The maximum absolute atomic E-state index is 11.6. The van der Waals surface area contributed by atoms with Gasteiger partial charge in [-0.25, -0.2) is 4.98 Å². The van der Waals surface area contributed by atoms with Crippen molar-refractivity contribution in [2.24, 2.45) is 5.92 Å². The third-order valence-electron chi connectivity index (χ3n) is 6.07. The van der Waals surface area contributed by atoms with E-state index in [9.17, 15) is 4.79 Å². The molecule has 6 nitrogen and oxygen atoms in total. The number of carbonyl (C=O) groups excluding carboxylic acids is 1. The molecule has 1 amide bonds. The van der Waals surface area contributed by atoms with Gasteiger partial charge in [0.2, 0.25) is 5.91 Å². The summed E-state index contributed by atoms with van der Waals surface area (Å²) >= 11 is 1.59. The zero-order valence-corrected chi connectivity index (χ0v) is 17.9. The molecule has 2 N–H and O–H groups in total. The molecule has 1 aromatic heterocycles. The van der Waals surface area contributed by atoms with Crippen molar-refractivity contribution in [2.75, 3.05) is 37.6 Å². The Hall–Kier alpha value is -2.64. The lowest BCUT2D eigenvalue weighted by atomic mass is 10.0. The van der Waals surface area contributed by atoms with E-state index in [4.69, 9.17) is 4.74 Å². The van der Waals surface area contributed by atoms with Crippen molar-refractivity contribution in [2.45, 2.75) is 19.4 Å². The highest BCUT2D eigenvalue weighted by Gasteiger charge is 2.28. The van der Waals surface area contributed by atoms with E-state index in [-0.39, 0.29) is 17.9 Å². The lowest BCUT2D eigenvalue weighted by Gasteiger charge is -2.29. The van der Waals surface area contributed by atoms with Crippen molar-refractivity contribution in [3.8, 4) is 16.9 Å². The van der Waals surface area contributed by atoms with Crippen molar-refractivity contribution >= 4 is 33.1 Å². The smallest absolute Gasteiger partial charge is 0.220 e. The van der Waals surface area contributed by atoms with E-state index >= 15 is 0 Å². The number of hydrogen-bond acceptors (Lipinski definition) is 6. The van der Waals surface area contributed by atoms with Crippen LogP contribution in [-0.4, -0.2) is 49.7 Å². The van der Waals surface area contributed by atoms with Crippen LogP contribution in [0.1, 0.15) is 13.3 Å². The highest BCUT2D eigenvalue weighted by Crippen LogP contribution is 2.36. The van der Waals surface area contributed by atoms with E-state index in [0.717, 1.165) is 53.3 Å². The van der Waals surface area contributed by atoms with Gasteiger partial charge in [-0.1, -0.05) is 12.1 Å². The van der Waals surface area contributed by atoms with Crippen LogP contribution in [0.2, 0.25) is 0 Å². The number of benzene rings is 2. The summed E-state index contributed by atoms with van der Waals surface area (Å²) in [5.74, 6) is 1.15. The average molecular weight is 423 g/mol. The third-order valence-corrected chi connectivity index (χ3v) is 6.92. The maximum atomic E-state index is 11.6. The molecule has 7 heteroatoms.